The molecular formula is C12H15N3O4S2. The van der Waals surface area contributed by atoms with Crippen LogP contribution < -0.4 is 5.73 Å². The van der Waals surface area contributed by atoms with E-state index in [0.717, 1.165) is 6.26 Å². The van der Waals surface area contributed by atoms with Crippen molar-refractivity contribution in [2.24, 2.45) is 0 Å². The highest BCUT2D eigenvalue weighted by atomic mass is 32.2. The maximum absolute atomic E-state index is 11.8. The van der Waals surface area contributed by atoms with E-state index in [-0.39, 0.29) is 28.4 Å². The second-order valence-electron chi connectivity index (χ2n) is 5.29. The zero-order chi connectivity index (χ0) is 15.4. The molecule has 0 saturated carbocycles. The number of imidazole rings is 1. The first-order chi connectivity index (χ1) is 9.69. The van der Waals surface area contributed by atoms with Crippen molar-refractivity contribution in [3.8, 4) is 0 Å². The Morgan fingerprint density at radius 3 is 2.67 bits per heavy atom. The number of aromatic nitrogens is 2. The Bertz CT molecular complexity index is 929. The first-order valence-electron chi connectivity index (χ1n) is 6.36. The molecule has 0 spiro atoms. The predicted octanol–water partition coefficient (Wildman–Crippen LogP) is 0.382. The number of rotatable bonds is 2. The van der Waals surface area contributed by atoms with Crippen molar-refractivity contribution < 1.29 is 16.8 Å². The largest absolute Gasteiger partial charge is 0.369 e. The molecule has 7 nitrogen and oxygen atoms in total. The van der Waals surface area contributed by atoms with Gasteiger partial charge in [-0.3, -0.25) is 0 Å². The zero-order valence-electron chi connectivity index (χ0n) is 11.4. The van der Waals surface area contributed by atoms with Crippen LogP contribution in [-0.2, 0) is 19.7 Å². The monoisotopic (exact) mass is 329 g/mol. The summed E-state index contributed by atoms with van der Waals surface area (Å²) in [6.45, 7) is 0. The van der Waals surface area contributed by atoms with E-state index in [2.05, 4.69) is 4.98 Å². The fourth-order valence-corrected chi connectivity index (χ4v) is 5.30. The lowest BCUT2D eigenvalue weighted by molar-refractivity contribution is 0.575. The maximum Gasteiger partial charge on any atom is 0.201 e. The Kier molecular flexibility index (Phi) is 3.03. The number of nitrogens with zero attached hydrogens (tertiary/aromatic N) is 2. The number of nitrogens with two attached hydrogens (primary N) is 1. The number of hydrogen-bond acceptors (Lipinski definition) is 6. The van der Waals surface area contributed by atoms with Gasteiger partial charge in [-0.25, -0.2) is 21.8 Å². The van der Waals surface area contributed by atoms with Gasteiger partial charge in [0.1, 0.15) is 5.52 Å². The van der Waals surface area contributed by atoms with Crippen LogP contribution in [0.5, 0.6) is 0 Å². The van der Waals surface area contributed by atoms with E-state index in [0.29, 0.717) is 17.5 Å². The third-order valence-electron chi connectivity index (χ3n) is 3.68. The number of sulfone groups is 2. The van der Waals surface area contributed by atoms with Crippen molar-refractivity contribution in [3.63, 3.8) is 0 Å². The van der Waals surface area contributed by atoms with Crippen LogP contribution in [0.3, 0.4) is 0 Å². The number of para-hydroxylation sites is 1. The maximum atomic E-state index is 11.8. The Labute approximate surface area is 122 Å². The Balaban J connectivity index is 2.24. The van der Waals surface area contributed by atoms with E-state index in [9.17, 15) is 16.8 Å². The highest BCUT2D eigenvalue weighted by Gasteiger charge is 2.32. The van der Waals surface area contributed by atoms with Crippen molar-refractivity contribution in [1.82, 2.24) is 9.55 Å². The average molecular weight is 329 g/mol. The summed E-state index contributed by atoms with van der Waals surface area (Å²) in [4.78, 5) is 4.24. The molecule has 1 fully saturated rings. The van der Waals surface area contributed by atoms with E-state index in [4.69, 9.17) is 5.73 Å². The van der Waals surface area contributed by atoms with Crippen LogP contribution in [0.1, 0.15) is 12.5 Å². The van der Waals surface area contributed by atoms with E-state index >= 15 is 0 Å². The molecule has 0 radical (unpaired) electrons. The topological polar surface area (TPSA) is 112 Å². The van der Waals surface area contributed by atoms with Crippen LogP contribution in [0, 0.1) is 0 Å². The van der Waals surface area contributed by atoms with Crippen molar-refractivity contribution in [2.75, 3.05) is 23.5 Å². The smallest absolute Gasteiger partial charge is 0.201 e. The molecule has 9 heteroatoms. The lowest BCUT2D eigenvalue weighted by atomic mass is 10.2. The van der Waals surface area contributed by atoms with Crippen LogP contribution >= 0.6 is 0 Å². The summed E-state index contributed by atoms with van der Waals surface area (Å²) in [6.07, 6.45) is 1.57. The lowest BCUT2D eigenvalue weighted by Crippen LogP contribution is -2.13. The first-order valence-corrected chi connectivity index (χ1v) is 10.1. The molecule has 21 heavy (non-hydrogen) atoms. The van der Waals surface area contributed by atoms with E-state index in [1.807, 2.05) is 0 Å². The van der Waals surface area contributed by atoms with Crippen LogP contribution in [-0.4, -0.2) is 44.1 Å². The quantitative estimate of drug-likeness (QED) is 0.852. The molecule has 1 aromatic carbocycles. The predicted molar refractivity (Wildman–Crippen MR) is 79.6 cm³/mol. The molecule has 1 atom stereocenters. The molecule has 1 unspecified atom stereocenters. The summed E-state index contributed by atoms with van der Waals surface area (Å²) in [5.74, 6) is 0.261. The minimum absolute atomic E-state index is 0.00572. The molecule has 1 saturated heterocycles. The van der Waals surface area contributed by atoms with Crippen LogP contribution in [0.4, 0.5) is 5.95 Å². The van der Waals surface area contributed by atoms with Crippen molar-refractivity contribution in [2.45, 2.75) is 17.4 Å². The SMILES string of the molecule is CS(=O)(=O)c1cccc2c1nc(N)n2C1CCS(=O)(=O)C1. The molecule has 0 amide bonds. The van der Waals surface area contributed by atoms with Gasteiger partial charge in [-0.2, -0.15) is 0 Å². The number of benzene rings is 1. The van der Waals surface area contributed by atoms with Gasteiger partial charge in [0.05, 0.1) is 28.0 Å². The van der Waals surface area contributed by atoms with E-state index in [1.54, 1.807) is 16.7 Å². The zero-order valence-corrected chi connectivity index (χ0v) is 13.0. The number of hydrogen-bond donors (Lipinski definition) is 1. The van der Waals surface area contributed by atoms with Crippen LogP contribution in [0.15, 0.2) is 23.1 Å². The summed E-state index contributed by atoms with van der Waals surface area (Å²) in [7, 11) is -6.50. The summed E-state index contributed by atoms with van der Waals surface area (Å²) in [5, 5.41) is 0. The molecule has 1 aromatic heterocycles. The van der Waals surface area contributed by atoms with Crippen molar-refractivity contribution >= 4 is 36.7 Å². The fourth-order valence-electron chi connectivity index (χ4n) is 2.77. The summed E-state index contributed by atoms with van der Waals surface area (Å²) >= 11 is 0. The third-order valence-corrected chi connectivity index (χ3v) is 6.56. The Morgan fingerprint density at radius 2 is 2.10 bits per heavy atom. The lowest BCUT2D eigenvalue weighted by Gasteiger charge is -2.13. The van der Waals surface area contributed by atoms with Crippen molar-refractivity contribution in [3.05, 3.63) is 18.2 Å². The minimum atomic E-state index is -3.43. The van der Waals surface area contributed by atoms with Gasteiger partial charge in [0.2, 0.25) is 5.95 Å². The molecule has 1 aliphatic rings. The number of nitrogen functional groups attached to an aromatic ring is 1. The molecule has 0 bridgehead atoms. The highest BCUT2D eigenvalue weighted by molar-refractivity contribution is 7.91. The number of anilines is 1. The van der Waals surface area contributed by atoms with Gasteiger partial charge in [0.15, 0.2) is 19.7 Å². The Hall–Kier alpha value is -1.61. The molecular weight excluding hydrogens is 314 g/mol. The summed E-state index contributed by atoms with van der Waals surface area (Å²) in [5.41, 5.74) is 6.74. The van der Waals surface area contributed by atoms with Crippen LogP contribution in [0.25, 0.3) is 11.0 Å². The van der Waals surface area contributed by atoms with E-state index < -0.39 is 19.7 Å². The second kappa shape index (κ2) is 4.44. The Morgan fingerprint density at radius 1 is 1.38 bits per heavy atom. The third kappa shape index (κ3) is 2.40. The van der Waals surface area contributed by atoms with Crippen molar-refractivity contribution in [1.29, 1.82) is 0 Å². The normalized spacial score (nSPS) is 21.9. The van der Waals surface area contributed by atoms with Gasteiger partial charge in [0, 0.05) is 6.26 Å². The minimum Gasteiger partial charge on any atom is -0.369 e. The average Bonchev–Trinajstić information content (AvgIpc) is 2.86. The first kappa shape index (κ1) is 14.3. The van der Waals surface area contributed by atoms with Gasteiger partial charge in [-0.05, 0) is 18.6 Å². The van der Waals surface area contributed by atoms with Gasteiger partial charge >= 0.3 is 0 Å². The van der Waals surface area contributed by atoms with Gasteiger partial charge < -0.3 is 10.3 Å². The van der Waals surface area contributed by atoms with E-state index in [1.165, 1.54) is 6.07 Å². The highest BCUT2D eigenvalue weighted by Crippen LogP contribution is 2.32. The number of fused-ring (bicyclic) bond motifs is 1. The van der Waals surface area contributed by atoms with Gasteiger partial charge in [0.25, 0.3) is 0 Å². The molecule has 3 rings (SSSR count). The molecule has 1 aliphatic heterocycles. The standard InChI is InChI=1S/C12H15N3O4S2/c1-20(16,17)10-4-2-3-9-11(10)14-12(13)15(9)8-5-6-21(18,19)7-8/h2-4,8H,5-7H2,1H3,(H2,13,14). The molecule has 0 aliphatic carbocycles. The molecule has 2 N–H and O–H groups in total. The van der Waals surface area contributed by atoms with Crippen LogP contribution in [0.2, 0.25) is 0 Å². The fraction of sp³-hybridized carbons (Fsp3) is 0.417. The summed E-state index contributed by atoms with van der Waals surface area (Å²) < 4.78 is 48.5. The molecule has 2 aromatic rings. The summed E-state index contributed by atoms with van der Waals surface area (Å²) in [6, 6.07) is 4.49. The second-order valence-corrected chi connectivity index (χ2v) is 9.51. The molecule has 114 valence electrons. The molecule has 2 heterocycles. The van der Waals surface area contributed by atoms with Gasteiger partial charge in [-0.1, -0.05) is 6.07 Å². The van der Waals surface area contributed by atoms with Gasteiger partial charge in [-0.15, -0.1) is 0 Å².